The molecule has 0 spiro atoms. The molecule has 0 unspecified atom stereocenters. The highest BCUT2D eigenvalue weighted by atomic mass is 32.2. The van der Waals surface area contributed by atoms with Gasteiger partial charge in [0.25, 0.3) is 11.7 Å². The number of hydrogen-bond donors (Lipinski definition) is 2. The predicted octanol–water partition coefficient (Wildman–Crippen LogP) is 3.20. The predicted molar refractivity (Wildman–Crippen MR) is 79.2 cm³/mol. The van der Waals surface area contributed by atoms with Gasteiger partial charge in [-0.05, 0) is 36.4 Å². The Labute approximate surface area is 129 Å². The number of carbonyl (C=O) groups is 1. The largest absolute Gasteiger partial charge is 0.508 e. The maximum absolute atomic E-state index is 12.0. The van der Waals surface area contributed by atoms with E-state index in [4.69, 9.17) is 9.52 Å². The van der Waals surface area contributed by atoms with Gasteiger partial charge in [-0.2, -0.15) is 13.9 Å². The number of furan rings is 1. The minimum absolute atomic E-state index is 0.0600. The van der Waals surface area contributed by atoms with E-state index in [1.54, 1.807) is 12.1 Å². The number of amides is 1. The van der Waals surface area contributed by atoms with Crippen LogP contribution in [-0.4, -0.2) is 23.0 Å². The number of nitrogens with one attached hydrogen (secondary N) is 1. The van der Waals surface area contributed by atoms with Crippen LogP contribution in [0.5, 0.6) is 5.75 Å². The summed E-state index contributed by atoms with van der Waals surface area (Å²) in [5, 5.41) is 12.8. The molecular weight excluding hydrogens is 314 g/mol. The van der Waals surface area contributed by atoms with Crippen LogP contribution in [-0.2, 0) is 5.75 Å². The second-order valence-electron chi connectivity index (χ2n) is 4.12. The highest BCUT2D eigenvalue weighted by Gasteiger charge is 2.07. The first kappa shape index (κ1) is 16.0. The third-order valence-corrected chi connectivity index (χ3v) is 3.22. The molecule has 0 aliphatic heterocycles. The topological polar surface area (TPSA) is 74.8 Å². The fourth-order valence-electron chi connectivity index (χ4n) is 1.52. The lowest BCUT2D eigenvalue weighted by atomic mass is 10.2. The van der Waals surface area contributed by atoms with Gasteiger partial charge in [0.1, 0.15) is 17.3 Å². The number of benzene rings is 1. The van der Waals surface area contributed by atoms with Crippen molar-refractivity contribution >= 4 is 23.9 Å². The number of rotatable bonds is 6. The Hall–Kier alpha value is -2.35. The van der Waals surface area contributed by atoms with Crippen molar-refractivity contribution in [2.45, 2.75) is 11.5 Å². The van der Waals surface area contributed by atoms with Crippen LogP contribution in [0.25, 0.3) is 0 Å². The Kier molecular flexibility index (Phi) is 5.54. The molecule has 0 aliphatic rings. The van der Waals surface area contributed by atoms with Gasteiger partial charge in [0.15, 0.2) is 0 Å². The number of phenolic OH excluding ortho intramolecular Hbond substituents is 1. The number of phenols is 1. The average molecular weight is 326 g/mol. The lowest BCUT2D eigenvalue weighted by Gasteiger charge is -1.99. The van der Waals surface area contributed by atoms with Crippen LogP contribution in [0.3, 0.4) is 0 Å². The third kappa shape index (κ3) is 4.88. The summed E-state index contributed by atoms with van der Waals surface area (Å²) < 4.78 is 29.3. The van der Waals surface area contributed by atoms with Crippen molar-refractivity contribution in [2.75, 3.05) is 0 Å². The van der Waals surface area contributed by atoms with E-state index in [-0.39, 0.29) is 11.5 Å². The smallest absolute Gasteiger partial charge is 0.284 e. The fourth-order valence-corrected chi connectivity index (χ4v) is 1.96. The van der Waals surface area contributed by atoms with E-state index in [0.717, 1.165) is 0 Å². The van der Waals surface area contributed by atoms with Gasteiger partial charge in [-0.25, -0.2) is 5.43 Å². The van der Waals surface area contributed by atoms with Crippen molar-refractivity contribution in [1.82, 2.24) is 5.43 Å². The zero-order valence-electron chi connectivity index (χ0n) is 11.2. The van der Waals surface area contributed by atoms with Crippen molar-refractivity contribution < 1.29 is 23.1 Å². The van der Waals surface area contributed by atoms with E-state index in [9.17, 15) is 13.6 Å². The zero-order chi connectivity index (χ0) is 15.9. The van der Waals surface area contributed by atoms with Crippen LogP contribution >= 0.6 is 11.8 Å². The van der Waals surface area contributed by atoms with E-state index in [2.05, 4.69) is 10.5 Å². The molecule has 1 amide bonds. The van der Waals surface area contributed by atoms with E-state index in [1.165, 1.54) is 30.5 Å². The maximum Gasteiger partial charge on any atom is 0.284 e. The Balaban J connectivity index is 1.87. The summed E-state index contributed by atoms with van der Waals surface area (Å²) in [5.74, 6) is -2.04. The molecule has 0 saturated heterocycles. The van der Waals surface area contributed by atoms with Crippen LogP contribution in [0.2, 0.25) is 0 Å². The van der Waals surface area contributed by atoms with Gasteiger partial charge in [-0.1, -0.05) is 11.8 Å². The summed E-state index contributed by atoms with van der Waals surface area (Å²) in [7, 11) is 0. The molecular formula is C14H12F2N2O3S. The van der Waals surface area contributed by atoms with Crippen molar-refractivity contribution in [3.05, 3.63) is 53.5 Å². The average Bonchev–Trinajstić information content (AvgIpc) is 2.93. The standard InChI is InChI=1S/C14H12F2N2O3S/c15-14(16)22-8-12-6-5-11(21-12)7-17-18-13(20)9-1-3-10(19)4-2-9/h1-7,14,19H,8H2,(H,18,20)/b17-7-. The number of nitrogens with zero attached hydrogens (tertiary/aromatic N) is 1. The van der Waals surface area contributed by atoms with Crippen molar-refractivity contribution in [3.63, 3.8) is 0 Å². The highest BCUT2D eigenvalue weighted by Crippen LogP contribution is 2.20. The van der Waals surface area contributed by atoms with Gasteiger partial charge in [0.2, 0.25) is 0 Å². The molecule has 0 radical (unpaired) electrons. The molecule has 22 heavy (non-hydrogen) atoms. The maximum atomic E-state index is 12.0. The van der Waals surface area contributed by atoms with Gasteiger partial charge in [0.05, 0.1) is 12.0 Å². The molecule has 0 atom stereocenters. The SMILES string of the molecule is O=C(N/N=C\c1ccc(CSC(F)F)o1)c1ccc(O)cc1. The van der Waals surface area contributed by atoms with E-state index >= 15 is 0 Å². The first-order valence-electron chi connectivity index (χ1n) is 6.15. The summed E-state index contributed by atoms with van der Waals surface area (Å²) in [5.41, 5.74) is 2.63. The normalized spacial score (nSPS) is 11.2. The van der Waals surface area contributed by atoms with E-state index < -0.39 is 11.7 Å². The number of halogens is 2. The molecule has 1 aromatic heterocycles. The summed E-state index contributed by atoms with van der Waals surface area (Å²) in [6, 6.07) is 8.81. The first-order valence-corrected chi connectivity index (χ1v) is 7.20. The summed E-state index contributed by atoms with van der Waals surface area (Å²) in [6.07, 6.45) is 1.27. The molecule has 2 rings (SSSR count). The van der Waals surface area contributed by atoms with Gasteiger partial charge in [-0.15, -0.1) is 0 Å². The number of hydrazone groups is 1. The second kappa shape index (κ2) is 7.60. The van der Waals surface area contributed by atoms with Gasteiger partial charge in [-0.3, -0.25) is 4.79 Å². The summed E-state index contributed by atoms with van der Waals surface area (Å²) >= 11 is 0.463. The molecule has 0 aliphatic carbocycles. The number of carbonyl (C=O) groups excluding carboxylic acids is 1. The monoisotopic (exact) mass is 326 g/mol. The lowest BCUT2D eigenvalue weighted by molar-refractivity contribution is 0.0955. The molecule has 116 valence electrons. The van der Waals surface area contributed by atoms with Gasteiger partial charge >= 0.3 is 0 Å². The molecule has 5 nitrogen and oxygen atoms in total. The summed E-state index contributed by atoms with van der Waals surface area (Å²) in [6.45, 7) is 0. The molecule has 2 N–H and O–H groups in total. The van der Waals surface area contributed by atoms with Crippen LogP contribution in [0.15, 0.2) is 45.9 Å². The molecule has 0 saturated carbocycles. The number of alkyl halides is 2. The minimum atomic E-state index is -2.45. The molecule has 1 aromatic carbocycles. The number of hydrogen-bond acceptors (Lipinski definition) is 5. The molecule has 1 heterocycles. The van der Waals surface area contributed by atoms with Gasteiger partial charge in [0, 0.05) is 5.56 Å². The van der Waals surface area contributed by atoms with E-state index in [1.807, 2.05) is 0 Å². The second-order valence-corrected chi connectivity index (χ2v) is 5.10. The highest BCUT2D eigenvalue weighted by molar-refractivity contribution is 7.98. The quantitative estimate of drug-likeness (QED) is 0.631. The number of thioether (sulfide) groups is 1. The summed E-state index contributed by atoms with van der Waals surface area (Å²) in [4.78, 5) is 11.7. The van der Waals surface area contributed by atoms with Crippen LogP contribution in [0.1, 0.15) is 21.9 Å². The third-order valence-electron chi connectivity index (χ3n) is 2.52. The van der Waals surface area contributed by atoms with E-state index in [0.29, 0.717) is 28.8 Å². The van der Waals surface area contributed by atoms with Crippen LogP contribution < -0.4 is 5.43 Å². The molecule has 0 fully saturated rings. The van der Waals surface area contributed by atoms with Crippen LogP contribution in [0.4, 0.5) is 8.78 Å². The van der Waals surface area contributed by atoms with Crippen molar-refractivity contribution in [1.29, 1.82) is 0 Å². The Bertz CT molecular complexity index is 656. The van der Waals surface area contributed by atoms with Crippen LogP contribution in [0, 0.1) is 0 Å². The lowest BCUT2D eigenvalue weighted by Crippen LogP contribution is -2.17. The zero-order valence-corrected chi connectivity index (χ0v) is 12.0. The van der Waals surface area contributed by atoms with Gasteiger partial charge < -0.3 is 9.52 Å². The molecule has 0 bridgehead atoms. The minimum Gasteiger partial charge on any atom is -0.508 e. The van der Waals surface area contributed by atoms with Crippen molar-refractivity contribution in [2.24, 2.45) is 5.10 Å². The Morgan fingerprint density at radius 2 is 2.05 bits per heavy atom. The molecule has 8 heteroatoms. The number of aromatic hydroxyl groups is 1. The molecule has 2 aromatic rings. The first-order chi connectivity index (χ1) is 10.5. The fraction of sp³-hybridized carbons (Fsp3) is 0.143. The Morgan fingerprint density at radius 3 is 2.73 bits per heavy atom. The van der Waals surface area contributed by atoms with Crippen molar-refractivity contribution in [3.8, 4) is 5.75 Å². The Morgan fingerprint density at radius 1 is 1.32 bits per heavy atom.